The first-order valence-electron chi connectivity index (χ1n) is 4.43. The minimum absolute atomic E-state index is 0.0627. The summed E-state index contributed by atoms with van der Waals surface area (Å²) in [6.45, 7) is 2.13. The van der Waals surface area contributed by atoms with Gasteiger partial charge in [0.2, 0.25) is 0 Å². The Bertz CT molecular complexity index is 305. The van der Waals surface area contributed by atoms with E-state index in [0.717, 1.165) is 23.2 Å². The highest BCUT2D eigenvalue weighted by Gasteiger charge is 1.96. The van der Waals surface area contributed by atoms with Crippen LogP contribution >= 0.6 is 0 Å². The molecule has 0 amide bonds. The normalized spacial score (nSPS) is 10.9. The van der Waals surface area contributed by atoms with E-state index in [1.165, 1.54) is 0 Å². The topological polar surface area (TPSA) is 46.2 Å². The third-order valence-electron chi connectivity index (χ3n) is 1.87. The molecule has 0 bridgehead atoms. The van der Waals surface area contributed by atoms with E-state index in [0.29, 0.717) is 0 Å². The molecule has 0 saturated carbocycles. The van der Waals surface area contributed by atoms with Crippen molar-refractivity contribution >= 4 is 11.8 Å². The van der Waals surface area contributed by atoms with Crippen LogP contribution in [-0.4, -0.2) is 5.11 Å². The van der Waals surface area contributed by atoms with Crippen LogP contribution < -0.4 is 5.73 Å². The number of aliphatic hydroxyl groups is 1. The van der Waals surface area contributed by atoms with Crippen molar-refractivity contribution in [1.82, 2.24) is 0 Å². The summed E-state index contributed by atoms with van der Waals surface area (Å²) in [4.78, 5) is 0. The minimum atomic E-state index is 0.0627. The largest absolute Gasteiger partial charge is 0.398 e. The molecule has 1 aromatic rings. The Hall–Kier alpha value is -1.28. The van der Waals surface area contributed by atoms with E-state index < -0.39 is 0 Å². The molecule has 0 heterocycles. The fraction of sp³-hybridized carbons (Fsp3) is 0.273. The molecule has 13 heavy (non-hydrogen) atoms. The molecule has 0 fully saturated rings. The highest BCUT2D eigenvalue weighted by Crippen LogP contribution is 2.16. The fourth-order valence-corrected chi connectivity index (χ4v) is 1.11. The van der Waals surface area contributed by atoms with Gasteiger partial charge in [-0.15, -0.1) is 0 Å². The molecule has 2 nitrogen and oxygen atoms in total. The van der Waals surface area contributed by atoms with Crippen LogP contribution in [0.1, 0.15) is 24.5 Å². The molecule has 0 spiro atoms. The van der Waals surface area contributed by atoms with E-state index in [4.69, 9.17) is 10.8 Å². The average molecular weight is 177 g/mol. The zero-order valence-electron chi connectivity index (χ0n) is 7.83. The summed E-state index contributed by atoms with van der Waals surface area (Å²) >= 11 is 0. The van der Waals surface area contributed by atoms with Crippen molar-refractivity contribution in [2.24, 2.45) is 0 Å². The van der Waals surface area contributed by atoms with Gasteiger partial charge >= 0.3 is 0 Å². The van der Waals surface area contributed by atoms with E-state index in [-0.39, 0.29) is 6.61 Å². The molecule has 0 aliphatic carbocycles. The summed E-state index contributed by atoms with van der Waals surface area (Å²) in [6.07, 6.45) is 5.02. The summed E-state index contributed by atoms with van der Waals surface area (Å²) in [5.41, 5.74) is 8.38. The summed E-state index contributed by atoms with van der Waals surface area (Å²) in [5.74, 6) is 0. The summed E-state index contributed by atoms with van der Waals surface area (Å²) in [5, 5.41) is 8.91. The highest BCUT2D eigenvalue weighted by atomic mass is 16.3. The number of benzene rings is 1. The van der Waals surface area contributed by atoms with E-state index in [2.05, 4.69) is 6.92 Å². The smallest absolute Gasteiger partial charge is 0.0682 e. The second-order valence-electron chi connectivity index (χ2n) is 2.93. The molecule has 0 atom stereocenters. The van der Waals surface area contributed by atoms with E-state index in [1.54, 1.807) is 0 Å². The van der Waals surface area contributed by atoms with Crippen LogP contribution in [0.15, 0.2) is 24.3 Å². The number of aliphatic hydroxyl groups excluding tert-OH is 1. The average Bonchev–Trinajstić information content (AvgIpc) is 2.17. The van der Waals surface area contributed by atoms with Crippen LogP contribution in [0.3, 0.4) is 0 Å². The van der Waals surface area contributed by atoms with Gasteiger partial charge in [-0.25, -0.2) is 0 Å². The first-order chi connectivity index (χ1) is 6.27. The second-order valence-corrected chi connectivity index (χ2v) is 2.93. The molecule has 0 saturated heterocycles. The van der Waals surface area contributed by atoms with Gasteiger partial charge in [-0.2, -0.15) is 0 Å². The predicted octanol–water partition coefficient (Wildman–Crippen LogP) is 2.18. The summed E-state index contributed by atoms with van der Waals surface area (Å²) < 4.78 is 0. The van der Waals surface area contributed by atoms with Crippen molar-refractivity contribution in [3.63, 3.8) is 0 Å². The Balaban J connectivity index is 2.97. The van der Waals surface area contributed by atoms with Gasteiger partial charge in [-0.1, -0.05) is 25.1 Å². The molecule has 0 aliphatic rings. The predicted molar refractivity (Wildman–Crippen MR) is 56.1 cm³/mol. The number of rotatable bonds is 3. The van der Waals surface area contributed by atoms with Crippen molar-refractivity contribution in [3.8, 4) is 0 Å². The number of anilines is 1. The standard InChI is InChI=1S/C11H15NO/c1-2-3-4-10-7-9(8-13)5-6-11(10)12/h3-7,13H,2,8,12H2,1H3/b4-3+. The van der Waals surface area contributed by atoms with Gasteiger partial charge in [0.25, 0.3) is 0 Å². The quantitative estimate of drug-likeness (QED) is 0.695. The van der Waals surface area contributed by atoms with Crippen LogP contribution in [0.4, 0.5) is 5.69 Å². The molecule has 1 rings (SSSR count). The third kappa shape index (κ3) is 2.60. The van der Waals surface area contributed by atoms with Crippen LogP contribution in [0.25, 0.3) is 6.08 Å². The molecule has 0 radical (unpaired) electrons. The Kier molecular flexibility index (Phi) is 3.53. The number of allylic oxidation sites excluding steroid dienone is 1. The first kappa shape index (κ1) is 9.81. The lowest BCUT2D eigenvalue weighted by atomic mass is 10.1. The van der Waals surface area contributed by atoms with Crippen LogP contribution in [0.2, 0.25) is 0 Å². The van der Waals surface area contributed by atoms with Gasteiger partial charge in [0, 0.05) is 5.69 Å². The molecule has 0 unspecified atom stereocenters. The van der Waals surface area contributed by atoms with Crippen molar-refractivity contribution in [1.29, 1.82) is 0 Å². The van der Waals surface area contributed by atoms with E-state index >= 15 is 0 Å². The van der Waals surface area contributed by atoms with E-state index in [1.807, 2.05) is 30.4 Å². The van der Waals surface area contributed by atoms with E-state index in [9.17, 15) is 0 Å². The third-order valence-corrected chi connectivity index (χ3v) is 1.87. The number of hydrogen-bond donors (Lipinski definition) is 2. The zero-order chi connectivity index (χ0) is 9.68. The molecule has 0 aliphatic heterocycles. The van der Waals surface area contributed by atoms with Crippen LogP contribution in [0, 0.1) is 0 Å². The van der Waals surface area contributed by atoms with Gasteiger partial charge in [0.05, 0.1) is 6.61 Å². The number of nitrogens with two attached hydrogens (primary N) is 1. The lowest BCUT2D eigenvalue weighted by Crippen LogP contribution is -1.91. The van der Waals surface area contributed by atoms with Gasteiger partial charge < -0.3 is 10.8 Å². The molecule has 2 heteroatoms. The minimum Gasteiger partial charge on any atom is -0.398 e. The first-order valence-corrected chi connectivity index (χ1v) is 4.43. The SMILES string of the molecule is CC/C=C/c1cc(CO)ccc1N. The Labute approximate surface area is 78.7 Å². The second kappa shape index (κ2) is 4.67. The molecule has 0 aromatic heterocycles. The zero-order valence-corrected chi connectivity index (χ0v) is 7.83. The molecular weight excluding hydrogens is 162 g/mol. The van der Waals surface area contributed by atoms with Crippen molar-refractivity contribution in [2.45, 2.75) is 20.0 Å². The maximum absolute atomic E-state index is 8.91. The highest BCUT2D eigenvalue weighted by molar-refractivity contribution is 5.65. The number of hydrogen-bond acceptors (Lipinski definition) is 2. The Morgan fingerprint density at radius 2 is 2.23 bits per heavy atom. The Morgan fingerprint density at radius 3 is 2.85 bits per heavy atom. The number of nitrogen functional groups attached to an aromatic ring is 1. The monoisotopic (exact) mass is 177 g/mol. The maximum atomic E-state index is 8.91. The molecule has 3 N–H and O–H groups in total. The van der Waals surface area contributed by atoms with Gasteiger partial charge in [-0.3, -0.25) is 0 Å². The van der Waals surface area contributed by atoms with Gasteiger partial charge in [0.15, 0.2) is 0 Å². The summed E-state index contributed by atoms with van der Waals surface area (Å²) in [7, 11) is 0. The Morgan fingerprint density at radius 1 is 1.46 bits per heavy atom. The lowest BCUT2D eigenvalue weighted by Gasteiger charge is -2.02. The van der Waals surface area contributed by atoms with Gasteiger partial charge in [0.1, 0.15) is 0 Å². The van der Waals surface area contributed by atoms with Crippen molar-refractivity contribution < 1.29 is 5.11 Å². The molecule has 1 aromatic carbocycles. The molecule has 70 valence electrons. The van der Waals surface area contributed by atoms with Crippen LogP contribution in [0.5, 0.6) is 0 Å². The van der Waals surface area contributed by atoms with Crippen LogP contribution in [-0.2, 0) is 6.61 Å². The maximum Gasteiger partial charge on any atom is 0.0682 e. The fourth-order valence-electron chi connectivity index (χ4n) is 1.11. The lowest BCUT2D eigenvalue weighted by molar-refractivity contribution is 0.282. The van der Waals surface area contributed by atoms with Gasteiger partial charge in [-0.05, 0) is 29.7 Å². The van der Waals surface area contributed by atoms with Crippen molar-refractivity contribution in [2.75, 3.05) is 5.73 Å². The van der Waals surface area contributed by atoms with Crippen molar-refractivity contribution in [3.05, 3.63) is 35.4 Å². The molecular formula is C11H15NO. The summed E-state index contributed by atoms with van der Waals surface area (Å²) in [6, 6.07) is 5.56.